The molecule has 9 heteroatoms. The Morgan fingerprint density at radius 1 is 1.47 bits per heavy atom. The van der Waals surface area contributed by atoms with Gasteiger partial charge in [-0.05, 0) is 6.92 Å². The van der Waals surface area contributed by atoms with Gasteiger partial charge in [-0.25, -0.2) is 8.42 Å². The minimum absolute atomic E-state index is 0.105. The number of nitro benzene ring substituents is 1. The van der Waals surface area contributed by atoms with Crippen LogP contribution < -0.4 is 4.74 Å². The number of hydrogen-bond acceptors (Lipinski definition) is 5. The van der Waals surface area contributed by atoms with Crippen molar-refractivity contribution >= 4 is 37.0 Å². The highest BCUT2D eigenvalue weighted by molar-refractivity contribution is 8.13. The summed E-state index contributed by atoms with van der Waals surface area (Å²) in [5, 5.41) is 10.5. The summed E-state index contributed by atoms with van der Waals surface area (Å²) >= 11 is 5.66. The van der Waals surface area contributed by atoms with E-state index in [2.05, 4.69) is 0 Å². The van der Waals surface area contributed by atoms with Gasteiger partial charge in [-0.15, -0.1) is 0 Å². The fourth-order valence-corrected chi connectivity index (χ4v) is 2.63. The number of hydrogen-bond donors (Lipinski definition) is 0. The number of halogens is 2. The third-order valence-corrected chi connectivity index (χ3v) is 3.56. The van der Waals surface area contributed by atoms with Crippen LogP contribution in [0.1, 0.15) is 6.92 Å². The summed E-state index contributed by atoms with van der Waals surface area (Å²) in [4.78, 5) is 9.44. The van der Waals surface area contributed by atoms with Crippen molar-refractivity contribution in [3.63, 3.8) is 0 Å². The number of nitro groups is 1. The van der Waals surface area contributed by atoms with Crippen LogP contribution in [-0.4, -0.2) is 19.9 Å². The zero-order valence-corrected chi connectivity index (χ0v) is 10.8. The molecular weight excluding hydrogens is 293 g/mol. The smallest absolute Gasteiger partial charge is 0.312 e. The highest BCUT2D eigenvalue weighted by Gasteiger charge is 2.24. The van der Waals surface area contributed by atoms with Gasteiger partial charge in [0.05, 0.1) is 16.6 Å². The minimum atomic E-state index is -4.14. The Kier molecular flexibility index (Phi) is 4.18. The Labute approximate surface area is 107 Å². The van der Waals surface area contributed by atoms with Gasteiger partial charge in [0, 0.05) is 22.8 Å². The van der Waals surface area contributed by atoms with Gasteiger partial charge in [0.1, 0.15) is 4.90 Å². The molecule has 0 aliphatic carbocycles. The number of benzene rings is 1. The molecule has 17 heavy (non-hydrogen) atoms. The second kappa shape index (κ2) is 5.07. The quantitative estimate of drug-likeness (QED) is 0.484. The van der Waals surface area contributed by atoms with Crippen molar-refractivity contribution in [3.05, 3.63) is 27.3 Å². The zero-order valence-electron chi connectivity index (χ0n) is 8.51. The Morgan fingerprint density at radius 2 is 2.06 bits per heavy atom. The molecule has 0 spiro atoms. The molecular formula is C8H7Cl2NO5S. The monoisotopic (exact) mass is 299 g/mol. The van der Waals surface area contributed by atoms with Crippen LogP contribution in [0.3, 0.4) is 0 Å². The molecule has 0 saturated heterocycles. The van der Waals surface area contributed by atoms with E-state index in [0.717, 1.165) is 12.1 Å². The van der Waals surface area contributed by atoms with Gasteiger partial charge in [-0.3, -0.25) is 10.1 Å². The van der Waals surface area contributed by atoms with E-state index in [9.17, 15) is 18.5 Å². The van der Waals surface area contributed by atoms with Crippen LogP contribution in [0.15, 0.2) is 17.0 Å². The predicted octanol–water partition coefficient (Wildman–Crippen LogP) is 2.57. The van der Waals surface area contributed by atoms with Crippen LogP contribution in [0, 0.1) is 10.1 Å². The third kappa shape index (κ3) is 3.21. The van der Waals surface area contributed by atoms with Gasteiger partial charge in [0.15, 0.2) is 5.75 Å². The lowest BCUT2D eigenvalue weighted by Gasteiger charge is -2.06. The van der Waals surface area contributed by atoms with Gasteiger partial charge in [0.2, 0.25) is 0 Å². The number of ether oxygens (including phenoxy) is 1. The average molecular weight is 300 g/mol. The summed E-state index contributed by atoms with van der Waals surface area (Å²) in [5.41, 5.74) is -0.504. The highest BCUT2D eigenvalue weighted by atomic mass is 35.7. The van der Waals surface area contributed by atoms with Gasteiger partial charge in [0.25, 0.3) is 9.05 Å². The Morgan fingerprint density at radius 3 is 2.47 bits per heavy atom. The summed E-state index contributed by atoms with van der Waals surface area (Å²) in [7, 11) is 0.953. The molecule has 0 radical (unpaired) electrons. The summed E-state index contributed by atoms with van der Waals surface area (Å²) < 4.78 is 27.2. The van der Waals surface area contributed by atoms with Crippen LogP contribution in [-0.2, 0) is 9.05 Å². The molecule has 1 aromatic rings. The molecule has 1 aromatic carbocycles. The van der Waals surface area contributed by atoms with Crippen LogP contribution in [0.4, 0.5) is 5.69 Å². The first kappa shape index (κ1) is 14.0. The van der Waals surface area contributed by atoms with Gasteiger partial charge >= 0.3 is 5.69 Å². The van der Waals surface area contributed by atoms with Crippen LogP contribution in [0.25, 0.3) is 0 Å². The van der Waals surface area contributed by atoms with Gasteiger partial charge in [-0.2, -0.15) is 0 Å². The lowest BCUT2D eigenvalue weighted by Crippen LogP contribution is -2.00. The van der Waals surface area contributed by atoms with Crippen molar-refractivity contribution in [2.75, 3.05) is 6.61 Å². The fraction of sp³-hybridized carbons (Fsp3) is 0.250. The molecule has 0 atom stereocenters. The molecule has 0 amide bonds. The molecule has 0 aliphatic rings. The molecule has 6 nitrogen and oxygen atoms in total. The average Bonchev–Trinajstić information content (AvgIpc) is 2.15. The van der Waals surface area contributed by atoms with E-state index in [4.69, 9.17) is 27.0 Å². The summed E-state index contributed by atoms with van der Waals surface area (Å²) in [6, 6.07) is 1.83. The molecule has 94 valence electrons. The Bertz CT molecular complexity index is 557. The molecule has 0 unspecified atom stereocenters. The predicted molar refractivity (Wildman–Crippen MR) is 62.3 cm³/mol. The second-order valence-electron chi connectivity index (χ2n) is 2.88. The highest BCUT2D eigenvalue weighted by Crippen LogP contribution is 2.36. The van der Waals surface area contributed by atoms with Gasteiger partial charge in [-0.1, -0.05) is 11.6 Å². The summed E-state index contributed by atoms with van der Waals surface area (Å²) in [6.45, 7) is 1.81. The maximum absolute atomic E-state index is 11.1. The SMILES string of the molecule is CCOc1cc(Cl)c(S(=O)(=O)Cl)cc1[N+](=O)[O-]. The molecule has 1 rings (SSSR count). The number of rotatable bonds is 4. The van der Waals surface area contributed by atoms with E-state index in [-0.39, 0.29) is 17.4 Å². The van der Waals surface area contributed by atoms with E-state index in [0.29, 0.717) is 0 Å². The maximum Gasteiger partial charge on any atom is 0.312 e. The molecule has 0 N–H and O–H groups in total. The first-order chi connectivity index (χ1) is 7.77. The van der Waals surface area contributed by atoms with Crippen molar-refractivity contribution in [2.45, 2.75) is 11.8 Å². The van der Waals surface area contributed by atoms with E-state index in [1.165, 1.54) is 0 Å². The van der Waals surface area contributed by atoms with Crippen LogP contribution in [0.2, 0.25) is 5.02 Å². The first-order valence-corrected chi connectivity index (χ1v) is 7.01. The minimum Gasteiger partial charge on any atom is -0.487 e. The fourth-order valence-electron chi connectivity index (χ4n) is 1.13. The van der Waals surface area contributed by atoms with Crippen LogP contribution in [0.5, 0.6) is 5.75 Å². The third-order valence-electron chi connectivity index (χ3n) is 1.77. The van der Waals surface area contributed by atoms with Crippen molar-refractivity contribution in [2.24, 2.45) is 0 Å². The van der Waals surface area contributed by atoms with E-state index >= 15 is 0 Å². The van der Waals surface area contributed by atoms with Crippen molar-refractivity contribution in [3.8, 4) is 5.75 Å². The topological polar surface area (TPSA) is 86.5 Å². The zero-order chi connectivity index (χ0) is 13.2. The van der Waals surface area contributed by atoms with Crippen molar-refractivity contribution in [1.29, 1.82) is 0 Å². The maximum atomic E-state index is 11.1. The van der Waals surface area contributed by atoms with E-state index in [1.807, 2.05) is 0 Å². The molecule has 0 aromatic heterocycles. The molecule has 0 bridgehead atoms. The lowest BCUT2D eigenvalue weighted by atomic mass is 10.3. The van der Waals surface area contributed by atoms with Crippen LogP contribution >= 0.6 is 22.3 Å². The van der Waals surface area contributed by atoms with E-state index < -0.39 is 24.6 Å². The second-order valence-corrected chi connectivity index (χ2v) is 5.82. The normalized spacial score (nSPS) is 11.2. The number of nitrogens with zero attached hydrogens (tertiary/aromatic N) is 1. The van der Waals surface area contributed by atoms with Crippen molar-refractivity contribution < 1.29 is 18.1 Å². The Balaban J connectivity index is 3.51. The summed E-state index contributed by atoms with van der Waals surface area (Å²) in [5.74, 6) is -0.105. The standard InChI is InChI=1S/C8H7Cl2NO5S/c1-2-16-7-3-5(9)8(17(10,14)15)4-6(7)11(12)13/h3-4H,2H2,1H3. The molecule has 0 heterocycles. The van der Waals surface area contributed by atoms with E-state index in [1.54, 1.807) is 6.92 Å². The molecule has 0 aliphatic heterocycles. The van der Waals surface area contributed by atoms with Crippen molar-refractivity contribution in [1.82, 2.24) is 0 Å². The molecule has 0 saturated carbocycles. The Hall–Kier alpha value is -1.05. The summed E-state index contributed by atoms with van der Waals surface area (Å²) in [6.07, 6.45) is 0. The first-order valence-electron chi connectivity index (χ1n) is 4.32. The largest absolute Gasteiger partial charge is 0.487 e. The lowest BCUT2D eigenvalue weighted by molar-refractivity contribution is -0.386. The molecule has 0 fully saturated rings. The van der Waals surface area contributed by atoms with Gasteiger partial charge < -0.3 is 4.74 Å².